The standard InChI is InChI=1S/C7H10N2O5/c1-3-9-6(11)7(12,13)4(8-9)5(10)14-2/h12-13H,3H2,1-2H3. The second-order valence-corrected chi connectivity index (χ2v) is 2.63. The van der Waals surface area contributed by atoms with E-state index in [0.29, 0.717) is 0 Å². The lowest BCUT2D eigenvalue weighted by Gasteiger charge is -2.14. The predicted octanol–water partition coefficient (Wildman–Crippen LogP) is -1.94. The van der Waals surface area contributed by atoms with Gasteiger partial charge in [0.2, 0.25) is 5.71 Å². The van der Waals surface area contributed by atoms with Crippen LogP contribution in [0.1, 0.15) is 6.92 Å². The number of amides is 1. The van der Waals surface area contributed by atoms with Crippen LogP contribution in [-0.2, 0) is 14.3 Å². The second kappa shape index (κ2) is 3.35. The Labute approximate surface area is 79.6 Å². The molecule has 0 aromatic heterocycles. The van der Waals surface area contributed by atoms with Crippen LogP contribution in [0.15, 0.2) is 5.10 Å². The van der Waals surface area contributed by atoms with Gasteiger partial charge in [-0.3, -0.25) is 4.79 Å². The number of ether oxygens (including phenoxy) is 1. The lowest BCUT2D eigenvalue weighted by atomic mass is 10.1. The highest BCUT2D eigenvalue weighted by molar-refractivity contribution is 6.45. The zero-order chi connectivity index (χ0) is 10.9. The van der Waals surface area contributed by atoms with Crippen LogP contribution in [0.3, 0.4) is 0 Å². The molecule has 78 valence electrons. The Morgan fingerprint density at radius 2 is 2.21 bits per heavy atom. The first-order chi connectivity index (χ1) is 6.45. The summed E-state index contributed by atoms with van der Waals surface area (Å²) < 4.78 is 4.24. The van der Waals surface area contributed by atoms with Crippen LogP contribution in [0.25, 0.3) is 0 Å². The average Bonchev–Trinajstić information content (AvgIpc) is 2.38. The fraction of sp³-hybridized carbons (Fsp3) is 0.571. The van der Waals surface area contributed by atoms with Gasteiger partial charge in [0.1, 0.15) is 0 Å². The van der Waals surface area contributed by atoms with Crippen molar-refractivity contribution in [2.45, 2.75) is 12.7 Å². The molecule has 0 saturated carbocycles. The quantitative estimate of drug-likeness (QED) is 0.401. The van der Waals surface area contributed by atoms with Crippen LogP contribution in [0.4, 0.5) is 0 Å². The molecule has 0 aliphatic carbocycles. The Bertz CT molecular complexity index is 309. The fourth-order valence-electron chi connectivity index (χ4n) is 1.01. The Morgan fingerprint density at radius 3 is 2.57 bits per heavy atom. The molecule has 1 amide bonds. The summed E-state index contributed by atoms with van der Waals surface area (Å²) in [5.74, 6) is -4.97. The molecule has 1 aliphatic rings. The third kappa shape index (κ3) is 1.36. The molecule has 7 heteroatoms. The Hall–Kier alpha value is -1.47. The van der Waals surface area contributed by atoms with E-state index in [0.717, 1.165) is 12.1 Å². The normalized spacial score (nSPS) is 19.6. The van der Waals surface area contributed by atoms with Crippen LogP contribution in [0.5, 0.6) is 0 Å². The molecule has 0 unspecified atom stereocenters. The van der Waals surface area contributed by atoms with Gasteiger partial charge in [0, 0.05) is 6.54 Å². The highest BCUT2D eigenvalue weighted by Crippen LogP contribution is 2.18. The number of nitrogens with zero attached hydrogens (tertiary/aromatic N) is 2. The van der Waals surface area contributed by atoms with E-state index < -0.39 is 23.4 Å². The first-order valence-electron chi connectivity index (χ1n) is 3.89. The summed E-state index contributed by atoms with van der Waals surface area (Å²) in [6.45, 7) is 1.72. The Kier molecular flexibility index (Phi) is 2.54. The van der Waals surface area contributed by atoms with Gasteiger partial charge < -0.3 is 14.9 Å². The molecule has 0 aromatic carbocycles. The predicted molar refractivity (Wildman–Crippen MR) is 44.0 cm³/mol. The number of hydrazone groups is 1. The molecule has 2 N–H and O–H groups in total. The SMILES string of the molecule is CCN1N=C(C(=O)OC)C(O)(O)C1=O. The van der Waals surface area contributed by atoms with Crippen molar-refractivity contribution in [2.24, 2.45) is 5.10 Å². The molecular weight excluding hydrogens is 192 g/mol. The number of methoxy groups -OCH3 is 1. The van der Waals surface area contributed by atoms with Crippen LogP contribution in [-0.4, -0.2) is 52.3 Å². The monoisotopic (exact) mass is 202 g/mol. The maximum atomic E-state index is 11.2. The minimum atomic E-state index is -2.87. The van der Waals surface area contributed by atoms with Crippen molar-refractivity contribution in [1.82, 2.24) is 5.01 Å². The van der Waals surface area contributed by atoms with Crippen molar-refractivity contribution in [3.05, 3.63) is 0 Å². The zero-order valence-corrected chi connectivity index (χ0v) is 7.72. The van der Waals surface area contributed by atoms with E-state index in [1.165, 1.54) is 0 Å². The maximum Gasteiger partial charge on any atom is 0.360 e. The molecule has 14 heavy (non-hydrogen) atoms. The van der Waals surface area contributed by atoms with Gasteiger partial charge in [-0.1, -0.05) is 0 Å². The summed E-state index contributed by atoms with van der Waals surface area (Å²) in [6.07, 6.45) is 0. The summed E-state index contributed by atoms with van der Waals surface area (Å²) >= 11 is 0. The summed E-state index contributed by atoms with van der Waals surface area (Å²) in [5, 5.41) is 22.7. The van der Waals surface area contributed by atoms with E-state index in [4.69, 9.17) is 0 Å². The highest BCUT2D eigenvalue weighted by Gasteiger charge is 2.52. The summed E-state index contributed by atoms with van der Waals surface area (Å²) in [4.78, 5) is 22.2. The topological polar surface area (TPSA) is 99.4 Å². The van der Waals surface area contributed by atoms with Crippen molar-refractivity contribution in [2.75, 3.05) is 13.7 Å². The molecule has 1 heterocycles. The number of rotatable bonds is 2. The van der Waals surface area contributed by atoms with E-state index in [-0.39, 0.29) is 6.54 Å². The van der Waals surface area contributed by atoms with Gasteiger partial charge in [-0.2, -0.15) is 5.10 Å². The number of aliphatic hydroxyl groups is 2. The Morgan fingerprint density at radius 1 is 1.64 bits per heavy atom. The first-order valence-corrected chi connectivity index (χ1v) is 3.89. The Balaban J connectivity index is 3.05. The number of likely N-dealkylation sites (N-methyl/N-ethyl adjacent to an activating group) is 1. The molecule has 0 radical (unpaired) electrons. The second-order valence-electron chi connectivity index (χ2n) is 2.63. The van der Waals surface area contributed by atoms with E-state index in [1.54, 1.807) is 6.92 Å². The highest BCUT2D eigenvalue weighted by atomic mass is 16.5. The molecule has 1 rings (SSSR count). The molecule has 0 saturated heterocycles. The summed E-state index contributed by atoms with van der Waals surface area (Å²) in [6, 6.07) is 0. The number of esters is 1. The van der Waals surface area contributed by atoms with Crippen LogP contribution < -0.4 is 0 Å². The minimum Gasteiger partial charge on any atom is -0.464 e. The van der Waals surface area contributed by atoms with Crippen molar-refractivity contribution >= 4 is 17.6 Å². The average molecular weight is 202 g/mol. The van der Waals surface area contributed by atoms with Crippen molar-refractivity contribution in [3.8, 4) is 0 Å². The van der Waals surface area contributed by atoms with E-state index in [2.05, 4.69) is 9.84 Å². The third-order valence-electron chi connectivity index (χ3n) is 1.76. The van der Waals surface area contributed by atoms with Gasteiger partial charge in [-0.25, -0.2) is 9.80 Å². The molecule has 0 aromatic rings. The summed E-state index contributed by atoms with van der Waals surface area (Å²) in [7, 11) is 1.06. The molecular formula is C7H10N2O5. The third-order valence-corrected chi connectivity index (χ3v) is 1.76. The minimum absolute atomic E-state index is 0.141. The number of hydrogen-bond donors (Lipinski definition) is 2. The first kappa shape index (κ1) is 10.6. The van der Waals surface area contributed by atoms with E-state index in [1.807, 2.05) is 0 Å². The van der Waals surface area contributed by atoms with E-state index in [9.17, 15) is 19.8 Å². The molecule has 0 spiro atoms. The smallest absolute Gasteiger partial charge is 0.360 e. The van der Waals surface area contributed by atoms with Gasteiger partial charge >= 0.3 is 17.7 Å². The van der Waals surface area contributed by atoms with E-state index >= 15 is 0 Å². The van der Waals surface area contributed by atoms with Gasteiger partial charge in [0.15, 0.2) is 0 Å². The van der Waals surface area contributed by atoms with Gasteiger partial charge in [0.25, 0.3) is 0 Å². The van der Waals surface area contributed by atoms with Gasteiger partial charge in [-0.15, -0.1) is 0 Å². The van der Waals surface area contributed by atoms with Crippen LogP contribution in [0, 0.1) is 0 Å². The molecule has 0 bridgehead atoms. The fourth-order valence-corrected chi connectivity index (χ4v) is 1.01. The van der Waals surface area contributed by atoms with Crippen LogP contribution >= 0.6 is 0 Å². The lowest BCUT2D eigenvalue weighted by Crippen LogP contribution is -2.49. The maximum absolute atomic E-state index is 11.2. The molecule has 1 aliphatic heterocycles. The molecule has 0 atom stereocenters. The summed E-state index contributed by atoms with van der Waals surface area (Å²) in [5.41, 5.74) is -0.716. The van der Waals surface area contributed by atoms with Crippen molar-refractivity contribution < 1.29 is 24.5 Å². The number of carbonyl (C=O) groups excluding carboxylic acids is 2. The van der Waals surface area contributed by atoms with Crippen LogP contribution in [0.2, 0.25) is 0 Å². The zero-order valence-electron chi connectivity index (χ0n) is 7.72. The van der Waals surface area contributed by atoms with Gasteiger partial charge in [-0.05, 0) is 6.92 Å². The molecule has 0 fully saturated rings. The number of carbonyl (C=O) groups is 2. The lowest BCUT2D eigenvalue weighted by molar-refractivity contribution is -0.169. The van der Waals surface area contributed by atoms with Gasteiger partial charge in [0.05, 0.1) is 7.11 Å². The van der Waals surface area contributed by atoms with Crippen molar-refractivity contribution in [1.29, 1.82) is 0 Å². The molecule has 7 nitrogen and oxygen atoms in total. The number of hydrogen-bond acceptors (Lipinski definition) is 6. The largest absolute Gasteiger partial charge is 0.464 e. The van der Waals surface area contributed by atoms with Crippen molar-refractivity contribution in [3.63, 3.8) is 0 Å².